The molecule has 0 unspecified atom stereocenters. The Bertz CT molecular complexity index is 1480. The number of pyridine rings is 2. The Morgan fingerprint density at radius 3 is 2.77 bits per heavy atom. The van der Waals surface area contributed by atoms with Gasteiger partial charge in [0.25, 0.3) is 5.91 Å². The molecule has 0 aliphatic heterocycles. The molecule has 4 aromatic heterocycles. The second kappa shape index (κ2) is 9.38. The largest absolute Gasteiger partial charge is 0.494 e. The Morgan fingerprint density at radius 1 is 1.17 bits per heavy atom. The number of methoxy groups -OCH3 is 1. The number of furan rings is 1. The standard InChI is InChI=1S/C26H22FN5O3/c1-31(15-17-7-8-24(34-2)22(27)11-17)26(33)20-12-23(18-5-3-9-28-13-18)30-25-21(20)14-29-32(25)16-19-6-4-10-35-19/h3-14H,15-16H2,1-2H3. The van der Waals surface area contributed by atoms with Gasteiger partial charge in [-0.3, -0.25) is 9.78 Å². The van der Waals surface area contributed by atoms with Gasteiger partial charge in [0.2, 0.25) is 0 Å². The van der Waals surface area contributed by atoms with Crippen molar-refractivity contribution in [2.24, 2.45) is 0 Å². The maximum absolute atomic E-state index is 14.2. The molecule has 8 nitrogen and oxygen atoms in total. The van der Waals surface area contributed by atoms with Crippen molar-refractivity contribution in [1.29, 1.82) is 0 Å². The molecule has 0 saturated heterocycles. The first-order valence-electron chi connectivity index (χ1n) is 10.9. The molecule has 0 bridgehead atoms. The summed E-state index contributed by atoms with van der Waals surface area (Å²) in [5.74, 6) is 0.158. The first-order valence-corrected chi connectivity index (χ1v) is 10.9. The van der Waals surface area contributed by atoms with Gasteiger partial charge in [0.1, 0.15) is 12.3 Å². The van der Waals surface area contributed by atoms with Crippen LogP contribution in [0.2, 0.25) is 0 Å². The van der Waals surface area contributed by atoms with Crippen molar-refractivity contribution < 1.29 is 18.3 Å². The highest BCUT2D eigenvalue weighted by atomic mass is 19.1. The van der Waals surface area contributed by atoms with E-state index in [0.29, 0.717) is 34.4 Å². The number of ether oxygens (including phenoxy) is 1. The van der Waals surface area contributed by atoms with Crippen LogP contribution >= 0.6 is 0 Å². The van der Waals surface area contributed by atoms with Gasteiger partial charge in [-0.2, -0.15) is 5.10 Å². The van der Waals surface area contributed by atoms with Gasteiger partial charge in [-0.15, -0.1) is 0 Å². The van der Waals surface area contributed by atoms with Crippen LogP contribution in [0.25, 0.3) is 22.3 Å². The number of carbonyl (C=O) groups excluding carboxylic acids is 1. The topological polar surface area (TPSA) is 86.3 Å². The quantitative estimate of drug-likeness (QED) is 0.346. The molecule has 0 fully saturated rings. The summed E-state index contributed by atoms with van der Waals surface area (Å²) < 4.78 is 26.3. The van der Waals surface area contributed by atoms with E-state index < -0.39 is 5.82 Å². The Balaban J connectivity index is 1.54. The van der Waals surface area contributed by atoms with Crippen molar-refractivity contribution in [2.75, 3.05) is 14.2 Å². The average Bonchev–Trinajstić information content (AvgIpc) is 3.54. The zero-order valence-electron chi connectivity index (χ0n) is 19.2. The van der Waals surface area contributed by atoms with Crippen molar-refractivity contribution in [2.45, 2.75) is 13.1 Å². The molecule has 0 saturated carbocycles. The molecule has 0 spiro atoms. The Hall–Kier alpha value is -4.53. The predicted molar refractivity (Wildman–Crippen MR) is 127 cm³/mol. The van der Waals surface area contributed by atoms with Crippen LogP contribution in [0.1, 0.15) is 21.7 Å². The summed E-state index contributed by atoms with van der Waals surface area (Å²) in [4.78, 5) is 24.1. The molecule has 0 radical (unpaired) electrons. The molecule has 176 valence electrons. The van der Waals surface area contributed by atoms with Gasteiger partial charge in [-0.1, -0.05) is 6.07 Å². The van der Waals surface area contributed by atoms with Crippen LogP contribution in [0, 0.1) is 5.82 Å². The number of nitrogens with zero attached hydrogens (tertiary/aromatic N) is 5. The smallest absolute Gasteiger partial charge is 0.254 e. The molecule has 0 aliphatic rings. The molecule has 0 N–H and O–H groups in total. The van der Waals surface area contributed by atoms with Crippen molar-refractivity contribution in [1.82, 2.24) is 24.6 Å². The second-order valence-electron chi connectivity index (χ2n) is 8.05. The first kappa shape index (κ1) is 22.3. The third-order valence-electron chi connectivity index (χ3n) is 5.67. The fraction of sp³-hybridized carbons (Fsp3) is 0.154. The molecule has 35 heavy (non-hydrogen) atoms. The van der Waals surface area contributed by atoms with E-state index in [1.54, 1.807) is 60.8 Å². The minimum Gasteiger partial charge on any atom is -0.494 e. The lowest BCUT2D eigenvalue weighted by Gasteiger charge is -2.19. The van der Waals surface area contributed by atoms with Crippen LogP contribution in [0.4, 0.5) is 4.39 Å². The molecule has 5 aromatic rings. The summed E-state index contributed by atoms with van der Waals surface area (Å²) >= 11 is 0. The summed E-state index contributed by atoms with van der Waals surface area (Å²) in [6.45, 7) is 0.584. The van der Waals surface area contributed by atoms with E-state index in [2.05, 4.69) is 10.1 Å². The number of benzene rings is 1. The molecule has 1 amide bonds. The Kier molecular flexibility index (Phi) is 5.97. The fourth-order valence-corrected chi connectivity index (χ4v) is 3.91. The molecular weight excluding hydrogens is 449 g/mol. The van der Waals surface area contributed by atoms with Crippen LogP contribution in [0.15, 0.2) is 77.8 Å². The Labute approximate surface area is 200 Å². The summed E-state index contributed by atoms with van der Waals surface area (Å²) in [5, 5.41) is 5.08. The molecule has 9 heteroatoms. The van der Waals surface area contributed by atoms with E-state index >= 15 is 0 Å². The van der Waals surface area contributed by atoms with Crippen molar-refractivity contribution in [3.63, 3.8) is 0 Å². The summed E-state index contributed by atoms with van der Waals surface area (Å²) in [7, 11) is 3.09. The van der Waals surface area contributed by atoms with Crippen molar-refractivity contribution in [3.05, 3.63) is 96.1 Å². The number of amides is 1. The zero-order chi connectivity index (χ0) is 24.4. The van der Waals surface area contributed by atoms with Crippen molar-refractivity contribution >= 4 is 16.9 Å². The third-order valence-corrected chi connectivity index (χ3v) is 5.67. The van der Waals surface area contributed by atoms with Gasteiger partial charge < -0.3 is 14.1 Å². The summed E-state index contributed by atoms with van der Waals surface area (Å²) in [5.41, 5.74) is 3.00. The van der Waals surface area contributed by atoms with Gasteiger partial charge >= 0.3 is 0 Å². The lowest BCUT2D eigenvalue weighted by molar-refractivity contribution is 0.0787. The van der Waals surface area contributed by atoms with Crippen LogP contribution in [-0.4, -0.2) is 44.7 Å². The maximum Gasteiger partial charge on any atom is 0.254 e. The molecule has 5 rings (SSSR count). The van der Waals surface area contributed by atoms with Crippen LogP contribution < -0.4 is 4.74 Å². The van der Waals surface area contributed by atoms with Gasteiger partial charge in [0.05, 0.1) is 36.2 Å². The van der Waals surface area contributed by atoms with E-state index in [1.165, 1.54) is 18.1 Å². The number of halogens is 1. The summed E-state index contributed by atoms with van der Waals surface area (Å²) in [6, 6.07) is 13.7. The van der Waals surface area contributed by atoms with E-state index in [-0.39, 0.29) is 18.2 Å². The minimum atomic E-state index is -0.477. The highest BCUT2D eigenvalue weighted by Crippen LogP contribution is 2.27. The highest BCUT2D eigenvalue weighted by molar-refractivity contribution is 6.06. The zero-order valence-corrected chi connectivity index (χ0v) is 19.2. The van der Waals surface area contributed by atoms with E-state index in [1.807, 2.05) is 18.2 Å². The Morgan fingerprint density at radius 2 is 2.06 bits per heavy atom. The number of rotatable bonds is 7. The van der Waals surface area contributed by atoms with Crippen LogP contribution in [0.5, 0.6) is 5.75 Å². The minimum absolute atomic E-state index is 0.156. The molecule has 0 aliphatic carbocycles. The molecular formula is C26H22FN5O3. The average molecular weight is 471 g/mol. The van der Waals surface area contributed by atoms with E-state index in [4.69, 9.17) is 14.1 Å². The fourth-order valence-electron chi connectivity index (χ4n) is 3.91. The van der Waals surface area contributed by atoms with Gasteiger partial charge in [-0.05, 0) is 48.0 Å². The third kappa shape index (κ3) is 4.48. The second-order valence-corrected chi connectivity index (χ2v) is 8.05. The van der Waals surface area contributed by atoms with Gasteiger partial charge in [0, 0.05) is 31.5 Å². The molecule has 0 atom stereocenters. The number of hydrogen-bond acceptors (Lipinski definition) is 6. The maximum atomic E-state index is 14.2. The normalized spacial score (nSPS) is 11.1. The van der Waals surface area contributed by atoms with Gasteiger partial charge in [-0.25, -0.2) is 14.1 Å². The summed E-state index contributed by atoms with van der Waals surface area (Å²) in [6.07, 6.45) is 6.60. The lowest BCUT2D eigenvalue weighted by Crippen LogP contribution is -2.26. The highest BCUT2D eigenvalue weighted by Gasteiger charge is 2.21. The van der Waals surface area contributed by atoms with Crippen LogP contribution in [0.3, 0.4) is 0 Å². The number of fused-ring (bicyclic) bond motifs is 1. The van der Waals surface area contributed by atoms with Crippen LogP contribution in [-0.2, 0) is 13.1 Å². The predicted octanol–water partition coefficient (Wildman–Crippen LogP) is 4.55. The molecule has 4 heterocycles. The first-order chi connectivity index (χ1) is 17.0. The monoisotopic (exact) mass is 471 g/mol. The lowest BCUT2D eigenvalue weighted by atomic mass is 10.1. The SMILES string of the molecule is COc1ccc(CN(C)C(=O)c2cc(-c3cccnc3)nc3c2cnn3Cc2ccco2)cc1F. The van der Waals surface area contributed by atoms with E-state index in [9.17, 15) is 9.18 Å². The number of hydrogen-bond donors (Lipinski definition) is 0. The van der Waals surface area contributed by atoms with Crippen molar-refractivity contribution in [3.8, 4) is 17.0 Å². The van der Waals surface area contributed by atoms with E-state index in [0.717, 1.165) is 11.3 Å². The number of aromatic nitrogens is 4. The molecule has 1 aromatic carbocycles. The number of carbonyl (C=O) groups is 1. The van der Waals surface area contributed by atoms with Gasteiger partial charge in [0.15, 0.2) is 17.2 Å².